The van der Waals surface area contributed by atoms with Crippen LogP contribution in [0.4, 0.5) is 4.79 Å². The smallest absolute Gasteiger partial charge is 0.407 e. The molecular formula is C32H33N3O5S2. The highest BCUT2D eigenvalue weighted by atomic mass is 32.2. The molecule has 0 aliphatic carbocycles. The predicted octanol–water partition coefficient (Wildman–Crippen LogP) is 6.76. The zero-order valence-electron chi connectivity index (χ0n) is 23.3. The van der Waals surface area contributed by atoms with Crippen molar-refractivity contribution in [1.82, 2.24) is 15.5 Å². The normalized spacial score (nSPS) is 18.4. The van der Waals surface area contributed by atoms with E-state index in [2.05, 4.69) is 34.2 Å². The molecule has 218 valence electrons. The molecular weight excluding hydrogens is 571 g/mol. The van der Waals surface area contributed by atoms with E-state index >= 15 is 0 Å². The number of nitrogens with one attached hydrogen (secondary N) is 1. The Morgan fingerprint density at radius 1 is 1.07 bits per heavy atom. The summed E-state index contributed by atoms with van der Waals surface area (Å²) in [7, 11) is 0. The van der Waals surface area contributed by atoms with Crippen LogP contribution in [0.2, 0.25) is 0 Å². The lowest BCUT2D eigenvalue weighted by Crippen LogP contribution is -2.31. The molecule has 0 spiro atoms. The van der Waals surface area contributed by atoms with Crippen LogP contribution in [0.25, 0.3) is 11.1 Å². The van der Waals surface area contributed by atoms with Crippen LogP contribution in [0.1, 0.15) is 46.1 Å². The molecule has 10 heteroatoms. The summed E-state index contributed by atoms with van der Waals surface area (Å²) >= 11 is 3.23. The summed E-state index contributed by atoms with van der Waals surface area (Å²) in [6, 6.07) is 24.1. The molecule has 0 unspecified atom stereocenters. The van der Waals surface area contributed by atoms with Gasteiger partial charge in [-0.05, 0) is 40.8 Å². The first-order chi connectivity index (χ1) is 20.5. The minimum absolute atomic E-state index is 0.00606. The number of benzene rings is 3. The fraction of sp³-hybridized carbons (Fsp3) is 0.281. The van der Waals surface area contributed by atoms with Crippen LogP contribution >= 0.6 is 23.1 Å². The standard InChI is InChI=1S/C32H33N3O5S2/c1-3-15-38-31(37)33-18-23-5-4-6-27(16-23)24-11-13-26(14-12-24)30-39-28(20-41-32-35-34-21(2)42-32)17-29(40-30)25-9-7-22(19-36)8-10-25/h3-14,16,28-30,36H,1,15,17-20H2,2H3,(H,33,37)/t28-,29+,30+/m1/s1. The van der Waals surface area contributed by atoms with Gasteiger partial charge >= 0.3 is 6.09 Å². The molecule has 1 aromatic heterocycles. The van der Waals surface area contributed by atoms with E-state index in [1.165, 1.54) is 6.08 Å². The Morgan fingerprint density at radius 3 is 2.57 bits per heavy atom. The Kier molecular flexibility index (Phi) is 10.4. The molecule has 5 rings (SSSR count). The summed E-state index contributed by atoms with van der Waals surface area (Å²) in [5, 5.41) is 21.5. The third-order valence-corrected chi connectivity index (χ3v) is 8.83. The molecule has 0 bridgehead atoms. The van der Waals surface area contributed by atoms with Gasteiger partial charge in [-0.1, -0.05) is 102 Å². The van der Waals surface area contributed by atoms with Gasteiger partial charge in [-0.25, -0.2) is 4.79 Å². The molecule has 1 aliphatic rings. The second-order valence-electron chi connectivity index (χ2n) is 9.81. The van der Waals surface area contributed by atoms with Crippen molar-refractivity contribution >= 4 is 29.2 Å². The van der Waals surface area contributed by atoms with Gasteiger partial charge in [0.1, 0.15) is 11.6 Å². The van der Waals surface area contributed by atoms with Gasteiger partial charge in [-0.15, -0.1) is 10.2 Å². The van der Waals surface area contributed by atoms with Crippen molar-refractivity contribution in [3.8, 4) is 11.1 Å². The molecule has 0 saturated carbocycles. The van der Waals surface area contributed by atoms with E-state index in [4.69, 9.17) is 14.2 Å². The largest absolute Gasteiger partial charge is 0.445 e. The van der Waals surface area contributed by atoms with Gasteiger partial charge in [0.05, 0.1) is 18.8 Å². The number of thioether (sulfide) groups is 1. The summed E-state index contributed by atoms with van der Waals surface area (Å²) in [6.45, 7) is 6.04. The van der Waals surface area contributed by atoms with Crippen LogP contribution in [0.15, 0.2) is 89.8 Å². The third kappa shape index (κ3) is 8.05. The number of alkyl carbamates (subject to hydrolysis) is 1. The van der Waals surface area contributed by atoms with E-state index in [0.717, 1.165) is 48.5 Å². The summed E-state index contributed by atoms with van der Waals surface area (Å²) in [5.41, 5.74) is 5.89. The van der Waals surface area contributed by atoms with Gasteiger partial charge in [-0.3, -0.25) is 0 Å². The number of carbonyl (C=O) groups excluding carboxylic acids is 1. The maximum atomic E-state index is 11.8. The summed E-state index contributed by atoms with van der Waals surface area (Å²) in [4.78, 5) is 11.8. The number of nitrogens with zero attached hydrogens (tertiary/aromatic N) is 2. The molecule has 4 aromatic rings. The van der Waals surface area contributed by atoms with Crippen LogP contribution in [0.5, 0.6) is 0 Å². The maximum absolute atomic E-state index is 11.8. The predicted molar refractivity (Wildman–Crippen MR) is 164 cm³/mol. The SMILES string of the molecule is C=CCOC(=O)NCc1cccc(-c2ccc([C@H]3O[C@@H](CSc4nnc(C)s4)C[C@@H](c4ccc(CO)cc4)O3)cc2)c1. The number of aliphatic hydroxyl groups excluding tert-OH is 1. The first-order valence-electron chi connectivity index (χ1n) is 13.6. The van der Waals surface area contributed by atoms with Crippen molar-refractivity contribution in [3.63, 3.8) is 0 Å². The lowest BCUT2D eigenvalue weighted by molar-refractivity contribution is -0.245. The van der Waals surface area contributed by atoms with Crippen molar-refractivity contribution in [2.24, 2.45) is 0 Å². The first kappa shape index (κ1) is 29.9. The summed E-state index contributed by atoms with van der Waals surface area (Å²) in [5.74, 6) is 0.736. The second kappa shape index (κ2) is 14.6. The molecule has 0 radical (unpaired) electrons. The summed E-state index contributed by atoms with van der Waals surface area (Å²) < 4.78 is 18.9. The van der Waals surface area contributed by atoms with E-state index in [1.54, 1.807) is 23.1 Å². The molecule has 1 fully saturated rings. The topological polar surface area (TPSA) is 103 Å². The average molecular weight is 604 g/mol. The fourth-order valence-corrected chi connectivity index (χ4v) is 6.44. The molecule has 2 N–H and O–H groups in total. The van der Waals surface area contributed by atoms with Crippen LogP contribution < -0.4 is 5.32 Å². The number of aryl methyl sites for hydroxylation is 1. The van der Waals surface area contributed by atoms with Crippen LogP contribution in [0, 0.1) is 6.92 Å². The molecule has 3 atom stereocenters. The molecule has 8 nitrogen and oxygen atoms in total. The van der Waals surface area contributed by atoms with Gasteiger partial charge in [0.25, 0.3) is 0 Å². The number of hydrogen-bond acceptors (Lipinski definition) is 9. The molecule has 1 amide bonds. The minimum Gasteiger partial charge on any atom is -0.445 e. The number of aromatic nitrogens is 2. The number of rotatable bonds is 11. The Hall–Kier alpha value is -3.54. The Labute approximate surface area is 253 Å². The first-order valence-corrected chi connectivity index (χ1v) is 15.4. The highest BCUT2D eigenvalue weighted by molar-refractivity contribution is 8.01. The van der Waals surface area contributed by atoms with Crippen LogP contribution in [0.3, 0.4) is 0 Å². The fourth-order valence-electron chi connectivity index (χ4n) is 4.58. The van der Waals surface area contributed by atoms with Gasteiger partial charge in [-0.2, -0.15) is 0 Å². The number of ether oxygens (including phenoxy) is 3. The monoisotopic (exact) mass is 603 g/mol. The quantitative estimate of drug-likeness (QED) is 0.143. The number of aliphatic hydroxyl groups is 1. The number of carbonyl (C=O) groups is 1. The Bertz CT molecular complexity index is 1480. The van der Waals surface area contributed by atoms with Crippen molar-refractivity contribution in [3.05, 3.63) is 113 Å². The van der Waals surface area contributed by atoms with Crippen LogP contribution in [-0.2, 0) is 27.4 Å². The molecule has 42 heavy (non-hydrogen) atoms. The zero-order chi connectivity index (χ0) is 29.3. The maximum Gasteiger partial charge on any atom is 0.407 e. The second-order valence-corrected chi connectivity index (χ2v) is 12.3. The number of amides is 1. The lowest BCUT2D eigenvalue weighted by atomic mass is 9.99. The van der Waals surface area contributed by atoms with Gasteiger partial charge < -0.3 is 24.6 Å². The zero-order valence-corrected chi connectivity index (χ0v) is 24.9. The molecule has 1 aliphatic heterocycles. The number of hydrogen-bond donors (Lipinski definition) is 2. The molecule has 2 heterocycles. The van der Waals surface area contributed by atoms with E-state index in [9.17, 15) is 9.90 Å². The third-order valence-electron chi connectivity index (χ3n) is 6.73. The Balaban J connectivity index is 1.29. The summed E-state index contributed by atoms with van der Waals surface area (Å²) in [6.07, 6.45) is 1.02. The van der Waals surface area contributed by atoms with Crippen molar-refractivity contribution in [1.29, 1.82) is 0 Å². The van der Waals surface area contributed by atoms with E-state index in [-0.39, 0.29) is 25.4 Å². The minimum atomic E-state index is -0.533. The van der Waals surface area contributed by atoms with Crippen LogP contribution in [-0.4, -0.2) is 39.9 Å². The Morgan fingerprint density at radius 2 is 1.86 bits per heavy atom. The van der Waals surface area contributed by atoms with E-state index in [1.807, 2.05) is 67.6 Å². The van der Waals surface area contributed by atoms with Crippen molar-refractivity contribution < 1.29 is 24.1 Å². The highest BCUT2D eigenvalue weighted by Crippen LogP contribution is 2.40. The molecule has 1 saturated heterocycles. The van der Waals surface area contributed by atoms with Gasteiger partial charge in [0.15, 0.2) is 10.6 Å². The van der Waals surface area contributed by atoms with E-state index < -0.39 is 12.4 Å². The highest BCUT2D eigenvalue weighted by Gasteiger charge is 2.32. The van der Waals surface area contributed by atoms with Crippen molar-refractivity contribution in [2.45, 2.75) is 49.3 Å². The average Bonchev–Trinajstić information content (AvgIpc) is 3.46. The van der Waals surface area contributed by atoms with Gasteiger partial charge in [0.2, 0.25) is 0 Å². The molecule has 3 aromatic carbocycles. The van der Waals surface area contributed by atoms with Crippen molar-refractivity contribution in [2.75, 3.05) is 12.4 Å². The van der Waals surface area contributed by atoms with Gasteiger partial charge in [0, 0.05) is 24.3 Å². The lowest BCUT2D eigenvalue weighted by Gasteiger charge is -2.36. The van der Waals surface area contributed by atoms with E-state index in [0.29, 0.717) is 13.0 Å².